The van der Waals surface area contributed by atoms with E-state index in [0.717, 1.165) is 12.8 Å². The van der Waals surface area contributed by atoms with Crippen molar-refractivity contribution in [1.82, 2.24) is 14.8 Å². The van der Waals surface area contributed by atoms with Gasteiger partial charge in [0.15, 0.2) is 9.84 Å². The van der Waals surface area contributed by atoms with Gasteiger partial charge < -0.3 is 10.1 Å². The van der Waals surface area contributed by atoms with Crippen molar-refractivity contribution in [1.29, 1.82) is 0 Å². The van der Waals surface area contributed by atoms with Crippen LogP contribution in [0, 0.1) is 5.92 Å². The maximum Gasteiger partial charge on any atom is 0.250 e. The Labute approximate surface area is 174 Å². The van der Waals surface area contributed by atoms with Gasteiger partial charge in [-0.15, -0.1) is 0 Å². The van der Waals surface area contributed by atoms with Crippen LogP contribution < -0.4 is 5.32 Å². The normalized spacial score (nSPS) is 19.1. The van der Waals surface area contributed by atoms with E-state index in [9.17, 15) is 13.2 Å². The molecule has 0 bridgehead atoms. The van der Waals surface area contributed by atoms with Gasteiger partial charge in [0, 0.05) is 25.6 Å². The number of rotatable bonds is 7. The van der Waals surface area contributed by atoms with Crippen molar-refractivity contribution < 1.29 is 17.9 Å². The van der Waals surface area contributed by atoms with Crippen LogP contribution in [0.1, 0.15) is 38.1 Å². The maximum atomic E-state index is 13.1. The van der Waals surface area contributed by atoms with Gasteiger partial charge >= 0.3 is 0 Å². The van der Waals surface area contributed by atoms with Gasteiger partial charge in [0.2, 0.25) is 5.91 Å². The third-order valence-electron chi connectivity index (χ3n) is 5.37. The van der Waals surface area contributed by atoms with Crippen molar-refractivity contribution >= 4 is 33.2 Å². The van der Waals surface area contributed by atoms with Gasteiger partial charge in [0.05, 0.1) is 16.5 Å². The number of nitrogens with one attached hydrogen (secondary N) is 1. The fourth-order valence-electron chi connectivity index (χ4n) is 3.50. The molecule has 1 unspecified atom stereocenters. The summed E-state index contributed by atoms with van der Waals surface area (Å²) < 4.78 is 31.9. The molecule has 10 heteroatoms. The second kappa shape index (κ2) is 8.41. The molecule has 2 fully saturated rings. The second-order valence-corrected chi connectivity index (χ2v) is 10.2. The van der Waals surface area contributed by atoms with E-state index in [1.165, 1.54) is 23.3 Å². The van der Waals surface area contributed by atoms with Crippen LogP contribution >= 0.6 is 11.6 Å². The molecule has 1 amide bonds. The lowest BCUT2D eigenvalue weighted by Crippen LogP contribution is -2.30. The number of amides is 1. The molecule has 1 atom stereocenters. The van der Waals surface area contributed by atoms with Crippen LogP contribution in [0.15, 0.2) is 35.6 Å². The first-order valence-electron chi connectivity index (χ1n) is 9.71. The standard InChI is InChI=1S/C19H23ClN4O4S/c20-14-1-4-18(21-10-14)23-19(25)17(9-13-5-7-28-8-6-13)24-12-16(11-22-24)29(26,27)15-2-3-15/h1,4,10-13,15,17H,2-3,5-9H2,(H,21,23,25). The van der Waals surface area contributed by atoms with Crippen LogP contribution in [-0.4, -0.2) is 47.6 Å². The number of hydrogen-bond donors (Lipinski definition) is 1. The number of halogens is 1. The van der Waals surface area contributed by atoms with E-state index >= 15 is 0 Å². The first kappa shape index (κ1) is 20.3. The number of nitrogens with zero attached hydrogens (tertiary/aromatic N) is 3. The number of sulfone groups is 1. The quantitative estimate of drug-likeness (QED) is 0.712. The Morgan fingerprint density at radius 3 is 2.66 bits per heavy atom. The van der Waals surface area contributed by atoms with E-state index in [0.29, 0.717) is 49.2 Å². The Bertz CT molecular complexity index is 966. The second-order valence-electron chi connectivity index (χ2n) is 7.56. The van der Waals surface area contributed by atoms with Gasteiger partial charge in [-0.25, -0.2) is 13.4 Å². The van der Waals surface area contributed by atoms with Gasteiger partial charge in [0.1, 0.15) is 16.8 Å². The minimum atomic E-state index is -3.36. The molecule has 29 heavy (non-hydrogen) atoms. The highest BCUT2D eigenvalue weighted by atomic mass is 35.5. The number of hydrogen-bond acceptors (Lipinski definition) is 6. The average Bonchev–Trinajstić information content (AvgIpc) is 3.47. The van der Waals surface area contributed by atoms with E-state index in [2.05, 4.69) is 15.4 Å². The minimum Gasteiger partial charge on any atom is -0.381 e. The Balaban J connectivity index is 1.56. The molecule has 3 heterocycles. The molecule has 8 nitrogen and oxygen atoms in total. The van der Waals surface area contributed by atoms with Crippen molar-refractivity contribution in [3.05, 3.63) is 35.7 Å². The molecular formula is C19H23ClN4O4S. The Hall–Kier alpha value is -1.97. The number of carbonyl (C=O) groups excluding carboxylic acids is 1. The highest BCUT2D eigenvalue weighted by Crippen LogP contribution is 2.34. The summed E-state index contributed by atoms with van der Waals surface area (Å²) >= 11 is 5.85. The third kappa shape index (κ3) is 4.79. The number of carbonyl (C=O) groups is 1. The molecule has 1 saturated carbocycles. The van der Waals surface area contributed by atoms with Crippen LogP contribution in [0.3, 0.4) is 0 Å². The zero-order chi connectivity index (χ0) is 20.4. The van der Waals surface area contributed by atoms with Crippen molar-refractivity contribution in [3.63, 3.8) is 0 Å². The third-order valence-corrected chi connectivity index (χ3v) is 7.81. The minimum absolute atomic E-state index is 0.175. The van der Waals surface area contributed by atoms with E-state index in [4.69, 9.17) is 16.3 Å². The molecule has 156 valence electrons. The molecular weight excluding hydrogens is 416 g/mol. The van der Waals surface area contributed by atoms with Crippen LogP contribution in [0.2, 0.25) is 5.02 Å². The highest BCUT2D eigenvalue weighted by molar-refractivity contribution is 7.92. The molecule has 1 aliphatic carbocycles. The van der Waals surface area contributed by atoms with Crippen molar-refractivity contribution in [3.8, 4) is 0 Å². The summed E-state index contributed by atoms with van der Waals surface area (Å²) in [6.45, 7) is 1.33. The Kier molecular flexibility index (Phi) is 5.89. The zero-order valence-corrected chi connectivity index (χ0v) is 17.4. The van der Waals surface area contributed by atoms with E-state index in [-0.39, 0.29) is 16.1 Å². The molecule has 2 aromatic rings. The number of anilines is 1. The van der Waals surface area contributed by atoms with Crippen molar-refractivity contribution in [2.45, 2.75) is 48.3 Å². The first-order valence-corrected chi connectivity index (χ1v) is 11.6. The predicted octanol–water partition coefficient (Wildman–Crippen LogP) is 2.86. The fourth-order valence-corrected chi connectivity index (χ4v) is 5.20. The summed E-state index contributed by atoms with van der Waals surface area (Å²) in [6, 6.07) is 2.63. The largest absolute Gasteiger partial charge is 0.381 e. The topological polar surface area (TPSA) is 103 Å². The van der Waals surface area contributed by atoms with Crippen LogP contribution in [-0.2, 0) is 19.4 Å². The van der Waals surface area contributed by atoms with Gasteiger partial charge in [-0.2, -0.15) is 5.10 Å². The smallest absolute Gasteiger partial charge is 0.250 e. The molecule has 1 N–H and O–H groups in total. The molecule has 4 rings (SSSR count). The van der Waals surface area contributed by atoms with Crippen LogP contribution in [0.4, 0.5) is 5.82 Å². The summed E-state index contributed by atoms with van der Waals surface area (Å²) in [7, 11) is -3.36. The molecule has 0 spiro atoms. The fraction of sp³-hybridized carbons (Fsp3) is 0.526. The summed E-state index contributed by atoms with van der Waals surface area (Å²) in [5.41, 5.74) is 0. The van der Waals surface area contributed by atoms with E-state index < -0.39 is 15.9 Å². The summed E-state index contributed by atoms with van der Waals surface area (Å²) in [5.74, 6) is 0.393. The summed E-state index contributed by atoms with van der Waals surface area (Å²) in [5, 5.41) is 7.19. The first-order chi connectivity index (χ1) is 13.9. The molecule has 2 aromatic heterocycles. The van der Waals surface area contributed by atoms with Crippen LogP contribution in [0.5, 0.6) is 0 Å². The van der Waals surface area contributed by atoms with E-state index in [1.807, 2.05) is 0 Å². The summed E-state index contributed by atoms with van der Waals surface area (Å²) in [6.07, 6.45) is 7.91. The lowest BCUT2D eigenvalue weighted by molar-refractivity contribution is -0.120. The molecule has 0 radical (unpaired) electrons. The van der Waals surface area contributed by atoms with Crippen molar-refractivity contribution in [2.24, 2.45) is 5.92 Å². The monoisotopic (exact) mass is 438 g/mol. The summed E-state index contributed by atoms with van der Waals surface area (Å²) in [4.78, 5) is 17.3. The predicted molar refractivity (Wildman–Crippen MR) is 108 cm³/mol. The van der Waals surface area contributed by atoms with Crippen molar-refractivity contribution in [2.75, 3.05) is 18.5 Å². The Morgan fingerprint density at radius 1 is 1.24 bits per heavy atom. The van der Waals surface area contributed by atoms with Gasteiger partial charge in [0.25, 0.3) is 0 Å². The van der Waals surface area contributed by atoms with Gasteiger partial charge in [-0.3, -0.25) is 9.48 Å². The zero-order valence-electron chi connectivity index (χ0n) is 15.8. The Morgan fingerprint density at radius 2 is 2.00 bits per heavy atom. The molecule has 0 aromatic carbocycles. The number of aromatic nitrogens is 3. The van der Waals surface area contributed by atoms with Crippen LogP contribution in [0.25, 0.3) is 0 Å². The molecule has 1 aliphatic heterocycles. The number of ether oxygens (including phenoxy) is 1. The number of pyridine rings is 1. The molecule has 1 saturated heterocycles. The lowest BCUT2D eigenvalue weighted by Gasteiger charge is -2.26. The molecule has 2 aliphatic rings. The van der Waals surface area contributed by atoms with Gasteiger partial charge in [-0.1, -0.05) is 11.6 Å². The average molecular weight is 439 g/mol. The SMILES string of the molecule is O=C(Nc1ccc(Cl)cn1)C(CC1CCOCC1)n1cc(S(=O)(=O)C2CC2)cn1. The highest BCUT2D eigenvalue weighted by Gasteiger charge is 2.38. The lowest BCUT2D eigenvalue weighted by atomic mass is 9.92. The van der Waals surface area contributed by atoms with Gasteiger partial charge in [-0.05, 0) is 50.2 Å². The maximum absolute atomic E-state index is 13.1. The van der Waals surface area contributed by atoms with E-state index in [1.54, 1.807) is 12.1 Å².